The highest BCUT2D eigenvalue weighted by Gasteiger charge is 2.16. The van der Waals surface area contributed by atoms with E-state index < -0.39 is 16.8 Å². The lowest BCUT2D eigenvalue weighted by molar-refractivity contribution is -0.118. The normalized spacial score (nSPS) is 14.2. The first kappa shape index (κ1) is 14.0. The van der Waals surface area contributed by atoms with Gasteiger partial charge in [-0.15, -0.1) is 0 Å². The van der Waals surface area contributed by atoms with Gasteiger partial charge in [0.25, 0.3) is 0 Å². The van der Waals surface area contributed by atoms with Gasteiger partial charge in [0.15, 0.2) is 0 Å². The number of nitrogens with one attached hydrogen (secondary N) is 2. The van der Waals surface area contributed by atoms with E-state index in [-0.39, 0.29) is 5.78 Å². The van der Waals surface area contributed by atoms with Crippen molar-refractivity contribution in [2.24, 2.45) is 0 Å². The number of carbonyl (C=O) groups excluding carboxylic acids is 1. The molecule has 94 valence electrons. The molecule has 2 atom stereocenters. The van der Waals surface area contributed by atoms with Gasteiger partial charge in [-0.05, 0) is 19.5 Å². The van der Waals surface area contributed by atoms with E-state index >= 15 is 0 Å². The third-order valence-corrected chi connectivity index (χ3v) is 3.69. The highest BCUT2D eigenvalue weighted by molar-refractivity contribution is 7.84. The Kier molecular flexibility index (Phi) is 6.04. The minimum Gasteiger partial charge on any atom is -0.298 e. The molecule has 0 spiro atoms. The number of hydrazine groups is 1. The molecule has 2 unspecified atom stereocenters. The van der Waals surface area contributed by atoms with Crippen LogP contribution in [-0.2, 0) is 21.3 Å². The number of carbonyl (C=O) groups is 1. The van der Waals surface area contributed by atoms with Crippen LogP contribution in [0.5, 0.6) is 0 Å². The predicted octanol–water partition coefficient (Wildman–Crippen LogP) is 0.617. The maximum Gasteiger partial charge on any atom is 0.148 e. The van der Waals surface area contributed by atoms with E-state index in [1.165, 1.54) is 6.92 Å². The molecule has 1 aromatic rings. The Morgan fingerprint density at radius 2 is 2.00 bits per heavy atom. The molecule has 0 aromatic heterocycles. The fraction of sp³-hybridized carbons (Fsp3) is 0.417. The van der Waals surface area contributed by atoms with Gasteiger partial charge < -0.3 is 0 Å². The van der Waals surface area contributed by atoms with Crippen molar-refractivity contribution in [3.8, 4) is 0 Å². The lowest BCUT2D eigenvalue weighted by Gasteiger charge is -2.14. The van der Waals surface area contributed by atoms with Gasteiger partial charge in [0.1, 0.15) is 5.78 Å². The van der Waals surface area contributed by atoms with Gasteiger partial charge in [0.2, 0.25) is 0 Å². The average molecular weight is 254 g/mol. The van der Waals surface area contributed by atoms with Crippen molar-refractivity contribution >= 4 is 16.6 Å². The number of Topliss-reactive ketones (excluding diaryl/α,β-unsaturated/α-hetero) is 1. The summed E-state index contributed by atoms with van der Waals surface area (Å²) in [7, 11) is 0.644. The first-order valence-electron chi connectivity index (χ1n) is 5.45. The van der Waals surface area contributed by atoms with E-state index in [2.05, 4.69) is 10.9 Å². The van der Waals surface area contributed by atoms with Gasteiger partial charge in [0, 0.05) is 22.3 Å². The Labute approximate surface area is 104 Å². The zero-order chi connectivity index (χ0) is 12.7. The summed E-state index contributed by atoms with van der Waals surface area (Å²) in [6, 6.07) is 9.23. The van der Waals surface area contributed by atoms with Crippen molar-refractivity contribution in [2.75, 3.05) is 12.8 Å². The van der Waals surface area contributed by atoms with Crippen molar-refractivity contribution in [3.63, 3.8) is 0 Å². The summed E-state index contributed by atoms with van der Waals surface area (Å²) < 4.78 is 11.9. The fourth-order valence-corrected chi connectivity index (χ4v) is 2.81. The Bertz CT molecular complexity index is 381. The summed E-state index contributed by atoms with van der Waals surface area (Å²) in [5, 5.41) is 0. The van der Waals surface area contributed by atoms with Crippen LogP contribution in [0.15, 0.2) is 30.3 Å². The van der Waals surface area contributed by atoms with E-state index in [1.807, 2.05) is 30.3 Å². The molecule has 0 aliphatic rings. The summed E-state index contributed by atoms with van der Waals surface area (Å²) in [4.78, 5) is 11.3. The monoisotopic (exact) mass is 254 g/mol. The van der Waals surface area contributed by atoms with E-state index in [1.54, 1.807) is 7.05 Å². The van der Waals surface area contributed by atoms with Crippen LogP contribution < -0.4 is 10.9 Å². The predicted molar refractivity (Wildman–Crippen MR) is 69.8 cm³/mol. The topological polar surface area (TPSA) is 58.2 Å². The molecule has 0 aliphatic heterocycles. The standard InChI is InChI=1S/C12H18N2O2S/c1-10(15)12(14-13-2)9-17(16)8-11-6-4-3-5-7-11/h3-7,12-14H,8-9H2,1-2H3. The van der Waals surface area contributed by atoms with Crippen LogP contribution in [0.3, 0.4) is 0 Å². The van der Waals surface area contributed by atoms with Gasteiger partial charge in [0.05, 0.1) is 6.04 Å². The smallest absolute Gasteiger partial charge is 0.148 e. The summed E-state index contributed by atoms with van der Waals surface area (Å²) in [5.41, 5.74) is 6.54. The molecular formula is C12H18N2O2S. The summed E-state index contributed by atoms with van der Waals surface area (Å²) in [6.45, 7) is 1.49. The SMILES string of the molecule is CNNC(CS(=O)Cc1ccccc1)C(C)=O. The molecule has 17 heavy (non-hydrogen) atoms. The molecule has 0 saturated heterocycles. The fourth-order valence-electron chi connectivity index (χ4n) is 1.44. The molecule has 0 bridgehead atoms. The maximum absolute atomic E-state index is 11.9. The van der Waals surface area contributed by atoms with Crippen LogP contribution in [0.2, 0.25) is 0 Å². The Balaban J connectivity index is 2.51. The molecule has 1 rings (SSSR count). The van der Waals surface area contributed by atoms with Gasteiger partial charge in [-0.3, -0.25) is 14.4 Å². The quantitative estimate of drug-likeness (QED) is 0.700. The van der Waals surface area contributed by atoms with E-state index in [0.29, 0.717) is 11.5 Å². The van der Waals surface area contributed by atoms with Crippen molar-refractivity contribution in [3.05, 3.63) is 35.9 Å². The van der Waals surface area contributed by atoms with Gasteiger partial charge in [-0.25, -0.2) is 5.43 Å². The molecule has 4 nitrogen and oxygen atoms in total. The molecule has 0 radical (unpaired) electrons. The molecule has 0 fully saturated rings. The molecule has 2 N–H and O–H groups in total. The second-order valence-electron chi connectivity index (χ2n) is 3.79. The van der Waals surface area contributed by atoms with Gasteiger partial charge in [-0.2, -0.15) is 0 Å². The summed E-state index contributed by atoms with van der Waals surface area (Å²) in [5.74, 6) is 0.793. The minimum absolute atomic E-state index is 0.0132. The highest BCUT2D eigenvalue weighted by Crippen LogP contribution is 2.04. The maximum atomic E-state index is 11.9. The van der Waals surface area contributed by atoms with E-state index in [0.717, 1.165) is 5.56 Å². The number of hydrogen-bond acceptors (Lipinski definition) is 4. The molecule has 0 saturated carbocycles. The van der Waals surface area contributed by atoms with Crippen molar-refractivity contribution in [1.29, 1.82) is 0 Å². The van der Waals surface area contributed by atoms with Crippen molar-refractivity contribution in [1.82, 2.24) is 10.9 Å². The van der Waals surface area contributed by atoms with Gasteiger partial charge in [-0.1, -0.05) is 30.3 Å². The Hall–Kier alpha value is -1.04. The number of ketones is 1. The van der Waals surface area contributed by atoms with Crippen LogP contribution in [0, 0.1) is 0 Å². The van der Waals surface area contributed by atoms with E-state index in [4.69, 9.17) is 0 Å². The lowest BCUT2D eigenvalue weighted by atomic mass is 10.2. The van der Waals surface area contributed by atoms with Crippen LogP contribution in [0.25, 0.3) is 0 Å². The number of hydrogen-bond donors (Lipinski definition) is 2. The average Bonchev–Trinajstić information content (AvgIpc) is 2.29. The first-order valence-corrected chi connectivity index (χ1v) is 6.94. The molecular weight excluding hydrogens is 236 g/mol. The third-order valence-electron chi connectivity index (χ3n) is 2.33. The van der Waals surface area contributed by atoms with Gasteiger partial charge >= 0.3 is 0 Å². The number of rotatable bonds is 7. The zero-order valence-corrected chi connectivity index (χ0v) is 10.9. The second kappa shape index (κ2) is 7.32. The largest absolute Gasteiger partial charge is 0.298 e. The summed E-state index contributed by atoms with van der Waals surface area (Å²) in [6.07, 6.45) is 0. The number of benzene rings is 1. The first-order chi connectivity index (χ1) is 8.13. The molecule has 0 aliphatic carbocycles. The van der Waals surface area contributed by atoms with E-state index in [9.17, 15) is 9.00 Å². The van der Waals surface area contributed by atoms with Crippen LogP contribution in [0.4, 0.5) is 0 Å². The Morgan fingerprint density at radius 3 is 2.53 bits per heavy atom. The molecule has 0 heterocycles. The third kappa shape index (κ3) is 5.21. The molecule has 5 heteroatoms. The lowest BCUT2D eigenvalue weighted by Crippen LogP contribution is -2.46. The van der Waals surface area contributed by atoms with Crippen LogP contribution in [0.1, 0.15) is 12.5 Å². The summed E-state index contributed by atoms with van der Waals surface area (Å²) >= 11 is 0. The Morgan fingerprint density at radius 1 is 1.35 bits per heavy atom. The van der Waals surface area contributed by atoms with Crippen LogP contribution >= 0.6 is 0 Å². The van der Waals surface area contributed by atoms with Crippen molar-refractivity contribution in [2.45, 2.75) is 18.7 Å². The zero-order valence-electron chi connectivity index (χ0n) is 10.1. The second-order valence-corrected chi connectivity index (χ2v) is 5.30. The highest BCUT2D eigenvalue weighted by atomic mass is 32.2. The van der Waals surface area contributed by atoms with Crippen molar-refractivity contribution < 1.29 is 9.00 Å². The molecule has 1 aromatic carbocycles. The minimum atomic E-state index is -1.05. The van der Waals surface area contributed by atoms with Crippen LogP contribution in [-0.4, -0.2) is 28.8 Å². The molecule has 0 amide bonds.